The Morgan fingerprint density at radius 1 is 1.19 bits per heavy atom. The lowest BCUT2D eigenvalue weighted by Crippen LogP contribution is -2.24. The summed E-state index contributed by atoms with van der Waals surface area (Å²) in [5.41, 5.74) is 5.37. The Morgan fingerprint density at radius 2 is 1.90 bits per heavy atom. The highest BCUT2D eigenvalue weighted by atomic mass is 35.5. The molecular weight excluding hydrogens is 322 g/mol. The number of benzene rings is 2. The van der Waals surface area contributed by atoms with E-state index in [2.05, 4.69) is 4.72 Å². The summed E-state index contributed by atoms with van der Waals surface area (Å²) in [5.74, 6) is -1.57. The molecule has 112 valence electrons. The quantitative estimate of drug-likeness (QED) is 0.845. The summed E-state index contributed by atoms with van der Waals surface area (Å²) in [6.45, 7) is -0.189. The zero-order chi connectivity index (χ0) is 15.6. The monoisotopic (exact) mass is 332 g/mol. The lowest BCUT2D eigenvalue weighted by Gasteiger charge is -2.09. The van der Waals surface area contributed by atoms with Crippen LogP contribution in [-0.4, -0.2) is 8.42 Å². The number of rotatable bonds is 4. The van der Waals surface area contributed by atoms with Gasteiger partial charge in [0.05, 0.1) is 5.69 Å². The number of halogens is 3. The Bertz CT molecular complexity index is 782. The average Bonchev–Trinajstić information content (AvgIpc) is 2.41. The van der Waals surface area contributed by atoms with E-state index in [-0.39, 0.29) is 17.3 Å². The van der Waals surface area contributed by atoms with Crippen LogP contribution in [0.4, 0.5) is 14.5 Å². The van der Waals surface area contributed by atoms with Gasteiger partial charge in [-0.15, -0.1) is 0 Å². The van der Waals surface area contributed by atoms with Crippen molar-refractivity contribution in [3.8, 4) is 0 Å². The van der Waals surface area contributed by atoms with Crippen LogP contribution in [0.1, 0.15) is 5.56 Å². The van der Waals surface area contributed by atoms with E-state index >= 15 is 0 Å². The zero-order valence-electron chi connectivity index (χ0n) is 10.6. The molecule has 0 fully saturated rings. The van der Waals surface area contributed by atoms with Gasteiger partial charge in [0.1, 0.15) is 10.7 Å². The van der Waals surface area contributed by atoms with Gasteiger partial charge in [0, 0.05) is 11.6 Å². The molecule has 0 bridgehead atoms. The third kappa shape index (κ3) is 3.69. The molecule has 0 radical (unpaired) electrons. The summed E-state index contributed by atoms with van der Waals surface area (Å²) in [6, 6.07) is 7.45. The molecular formula is C13H11ClF2N2O2S. The highest BCUT2D eigenvalue weighted by molar-refractivity contribution is 7.89. The first-order chi connectivity index (χ1) is 9.79. The second kappa shape index (κ2) is 5.97. The largest absolute Gasteiger partial charge is 0.396 e. The average molecular weight is 333 g/mol. The van der Waals surface area contributed by atoms with Gasteiger partial charge in [-0.05, 0) is 29.8 Å². The van der Waals surface area contributed by atoms with Gasteiger partial charge in [0.2, 0.25) is 10.0 Å². The molecule has 2 aromatic rings. The van der Waals surface area contributed by atoms with Crippen molar-refractivity contribution < 1.29 is 17.2 Å². The molecule has 4 nitrogen and oxygen atoms in total. The molecule has 0 aliphatic rings. The second-order valence-electron chi connectivity index (χ2n) is 4.26. The number of nitrogens with two attached hydrogens (primary N) is 1. The molecule has 0 aliphatic carbocycles. The van der Waals surface area contributed by atoms with Crippen molar-refractivity contribution in [1.82, 2.24) is 4.72 Å². The van der Waals surface area contributed by atoms with Gasteiger partial charge >= 0.3 is 0 Å². The van der Waals surface area contributed by atoms with Gasteiger partial charge in [-0.3, -0.25) is 0 Å². The van der Waals surface area contributed by atoms with Gasteiger partial charge in [0.25, 0.3) is 0 Å². The Balaban J connectivity index is 2.27. The fourth-order valence-electron chi connectivity index (χ4n) is 1.68. The predicted octanol–water partition coefficient (Wildman–Crippen LogP) is 2.68. The lowest BCUT2D eigenvalue weighted by atomic mass is 10.2. The fraction of sp³-hybridized carbons (Fsp3) is 0.0769. The van der Waals surface area contributed by atoms with Gasteiger partial charge in [0.15, 0.2) is 5.82 Å². The van der Waals surface area contributed by atoms with E-state index in [1.165, 1.54) is 24.3 Å². The molecule has 0 amide bonds. The summed E-state index contributed by atoms with van der Waals surface area (Å²) in [6.07, 6.45) is 0. The molecule has 8 heteroatoms. The number of nitrogens with one attached hydrogen (secondary N) is 1. The molecule has 2 rings (SSSR count). The van der Waals surface area contributed by atoms with Crippen LogP contribution >= 0.6 is 11.6 Å². The van der Waals surface area contributed by atoms with Gasteiger partial charge in [-0.1, -0.05) is 23.7 Å². The number of sulfonamides is 1. The molecule has 0 unspecified atom stereocenters. The van der Waals surface area contributed by atoms with Crippen LogP contribution in [0.25, 0.3) is 0 Å². The summed E-state index contributed by atoms with van der Waals surface area (Å²) < 4.78 is 53.1. The molecule has 0 spiro atoms. The zero-order valence-corrected chi connectivity index (χ0v) is 12.2. The number of hydrogen-bond donors (Lipinski definition) is 2. The van der Waals surface area contributed by atoms with Crippen molar-refractivity contribution in [2.24, 2.45) is 0 Å². The van der Waals surface area contributed by atoms with Gasteiger partial charge in [-0.2, -0.15) is 0 Å². The highest BCUT2D eigenvalue weighted by Gasteiger charge is 2.21. The standard InChI is InChI=1S/C13H11ClF2N2O2S/c14-9-5-11(17)13(16)12(6-9)21(19,20)18-7-8-2-1-3-10(15)4-8/h1-6,18H,7,17H2. The topological polar surface area (TPSA) is 72.2 Å². The van der Waals surface area contributed by atoms with E-state index in [0.717, 1.165) is 12.1 Å². The van der Waals surface area contributed by atoms with Crippen LogP contribution in [0.3, 0.4) is 0 Å². The predicted molar refractivity (Wildman–Crippen MR) is 76.2 cm³/mol. The molecule has 2 aromatic carbocycles. The van der Waals surface area contributed by atoms with E-state index in [1.807, 2.05) is 0 Å². The Morgan fingerprint density at radius 3 is 2.57 bits per heavy atom. The first kappa shape index (κ1) is 15.7. The van der Waals surface area contributed by atoms with Crippen molar-refractivity contribution in [1.29, 1.82) is 0 Å². The Labute approximate surface area is 125 Å². The minimum atomic E-state index is -4.16. The number of hydrogen-bond acceptors (Lipinski definition) is 3. The second-order valence-corrected chi connectivity index (χ2v) is 6.43. The minimum absolute atomic E-state index is 0.0000283. The number of nitrogen functional groups attached to an aromatic ring is 1. The molecule has 21 heavy (non-hydrogen) atoms. The van der Waals surface area contributed by atoms with E-state index in [0.29, 0.717) is 5.56 Å². The van der Waals surface area contributed by atoms with Crippen LogP contribution in [0.2, 0.25) is 5.02 Å². The van der Waals surface area contributed by atoms with Gasteiger partial charge < -0.3 is 5.73 Å². The molecule has 0 saturated heterocycles. The summed E-state index contributed by atoms with van der Waals surface area (Å²) in [5, 5.41) is 0.0000283. The summed E-state index contributed by atoms with van der Waals surface area (Å²) in [7, 11) is -4.16. The highest BCUT2D eigenvalue weighted by Crippen LogP contribution is 2.25. The Kier molecular flexibility index (Phi) is 4.46. The van der Waals surface area contributed by atoms with Crippen LogP contribution < -0.4 is 10.5 Å². The molecule has 0 aliphatic heterocycles. The maximum atomic E-state index is 13.8. The van der Waals surface area contributed by atoms with E-state index in [1.54, 1.807) is 0 Å². The van der Waals surface area contributed by atoms with E-state index in [4.69, 9.17) is 17.3 Å². The van der Waals surface area contributed by atoms with Crippen LogP contribution in [0, 0.1) is 11.6 Å². The molecule has 0 aromatic heterocycles. The van der Waals surface area contributed by atoms with Crippen LogP contribution in [0.5, 0.6) is 0 Å². The third-order valence-corrected chi connectivity index (χ3v) is 4.30. The van der Waals surface area contributed by atoms with Crippen LogP contribution in [-0.2, 0) is 16.6 Å². The smallest absolute Gasteiger partial charge is 0.243 e. The van der Waals surface area contributed by atoms with Crippen molar-refractivity contribution in [2.45, 2.75) is 11.4 Å². The van der Waals surface area contributed by atoms with Gasteiger partial charge in [-0.25, -0.2) is 21.9 Å². The first-order valence-corrected chi connectivity index (χ1v) is 7.64. The molecule has 0 saturated carbocycles. The molecule has 0 heterocycles. The van der Waals surface area contributed by atoms with Crippen molar-refractivity contribution in [3.05, 3.63) is 58.6 Å². The maximum absolute atomic E-state index is 13.8. The normalized spacial score (nSPS) is 11.6. The van der Waals surface area contributed by atoms with Crippen LogP contribution in [0.15, 0.2) is 41.3 Å². The SMILES string of the molecule is Nc1cc(Cl)cc(S(=O)(=O)NCc2cccc(F)c2)c1F. The molecule has 3 N–H and O–H groups in total. The lowest BCUT2D eigenvalue weighted by molar-refractivity contribution is 0.558. The van der Waals surface area contributed by atoms with Crippen molar-refractivity contribution >= 4 is 27.3 Å². The fourth-order valence-corrected chi connectivity index (χ4v) is 3.12. The van der Waals surface area contributed by atoms with E-state index < -0.39 is 26.6 Å². The third-order valence-electron chi connectivity index (χ3n) is 2.68. The number of anilines is 1. The van der Waals surface area contributed by atoms with Crippen molar-refractivity contribution in [3.63, 3.8) is 0 Å². The maximum Gasteiger partial charge on any atom is 0.243 e. The summed E-state index contributed by atoms with van der Waals surface area (Å²) >= 11 is 5.68. The van der Waals surface area contributed by atoms with E-state index in [9.17, 15) is 17.2 Å². The first-order valence-electron chi connectivity index (χ1n) is 5.78. The summed E-state index contributed by atoms with van der Waals surface area (Å²) in [4.78, 5) is -0.649. The molecule has 0 atom stereocenters. The Hall–Kier alpha value is -1.70. The van der Waals surface area contributed by atoms with Crippen molar-refractivity contribution in [2.75, 3.05) is 5.73 Å². The minimum Gasteiger partial charge on any atom is -0.396 e.